The van der Waals surface area contributed by atoms with E-state index in [1.54, 1.807) is 14.2 Å². The van der Waals surface area contributed by atoms with Crippen molar-refractivity contribution in [2.24, 2.45) is 0 Å². The van der Waals surface area contributed by atoms with Crippen LogP contribution in [0.2, 0.25) is 0 Å². The zero-order chi connectivity index (χ0) is 21.3. The van der Waals surface area contributed by atoms with Gasteiger partial charge in [0, 0.05) is 32.7 Å². The zero-order valence-electron chi connectivity index (χ0n) is 18.1. The molecule has 1 atom stereocenters. The molecule has 6 heteroatoms. The molecule has 6 nitrogen and oxygen atoms in total. The van der Waals surface area contributed by atoms with Crippen molar-refractivity contribution in [1.82, 2.24) is 4.90 Å². The normalized spacial score (nSPS) is 15.9. The highest BCUT2D eigenvalue weighted by molar-refractivity contribution is 5.58. The zero-order valence-corrected chi connectivity index (χ0v) is 18.1. The SMILES string of the molecule is C/C=C/c1ccc(OC[C@@H](O)CN2CCN(c3ccccc3OC)CC2)c(OC)c1. The molecule has 0 bridgehead atoms. The van der Waals surface area contributed by atoms with Crippen LogP contribution in [-0.4, -0.2) is 69.7 Å². The first-order valence-electron chi connectivity index (χ1n) is 10.4. The first kappa shape index (κ1) is 22.0. The van der Waals surface area contributed by atoms with Gasteiger partial charge in [-0.3, -0.25) is 4.90 Å². The van der Waals surface area contributed by atoms with Crippen LogP contribution in [0.25, 0.3) is 6.08 Å². The van der Waals surface area contributed by atoms with Crippen molar-refractivity contribution < 1.29 is 19.3 Å². The summed E-state index contributed by atoms with van der Waals surface area (Å²) >= 11 is 0. The number of aliphatic hydroxyl groups is 1. The second-order valence-corrected chi connectivity index (χ2v) is 7.33. The molecule has 0 aromatic heterocycles. The largest absolute Gasteiger partial charge is 0.495 e. The van der Waals surface area contributed by atoms with Crippen molar-refractivity contribution in [2.45, 2.75) is 13.0 Å². The molecule has 1 aliphatic rings. The Balaban J connectivity index is 1.48. The summed E-state index contributed by atoms with van der Waals surface area (Å²) < 4.78 is 16.7. The molecule has 0 amide bonds. The van der Waals surface area contributed by atoms with E-state index in [-0.39, 0.29) is 6.61 Å². The van der Waals surface area contributed by atoms with Crippen LogP contribution in [0.1, 0.15) is 12.5 Å². The van der Waals surface area contributed by atoms with E-state index in [1.165, 1.54) is 0 Å². The lowest BCUT2D eigenvalue weighted by Gasteiger charge is -2.37. The third-order valence-corrected chi connectivity index (χ3v) is 5.25. The van der Waals surface area contributed by atoms with Crippen LogP contribution in [-0.2, 0) is 0 Å². The maximum Gasteiger partial charge on any atom is 0.161 e. The number of methoxy groups -OCH3 is 2. The number of piperazine rings is 1. The molecule has 0 aliphatic carbocycles. The Labute approximate surface area is 179 Å². The summed E-state index contributed by atoms with van der Waals surface area (Å²) in [6.07, 6.45) is 3.42. The Morgan fingerprint density at radius 2 is 1.70 bits per heavy atom. The fourth-order valence-electron chi connectivity index (χ4n) is 3.70. The molecule has 162 valence electrons. The van der Waals surface area contributed by atoms with Gasteiger partial charge in [0.2, 0.25) is 0 Å². The third-order valence-electron chi connectivity index (χ3n) is 5.25. The van der Waals surface area contributed by atoms with Crippen LogP contribution in [0.3, 0.4) is 0 Å². The molecule has 2 aromatic rings. The van der Waals surface area contributed by atoms with Gasteiger partial charge in [-0.15, -0.1) is 0 Å². The number of aliphatic hydroxyl groups excluding tert-OH is 1. The van der Waals surface area contributed by atoms with Crippen LogP contribution < -0.4 is 19.1 Å². The van der Waals surface area contributed by atoms with E-state index in [2.05, 4.69) is 15.9 Å². The number of allylic oxidation sites excluding steroid dienone is 1. The van der Waals surface area contributed by atoms with Crippen molar-refractivity contribution >= 4 is 11.8 Å². The van der Waals surface area contributed by atoms with Crippen LogP contribution in [0.4, 0.5) is 5.69 Å². The van der Waals surface area contributed by atoms with Crippen LogP contribution in [0, 0.1) is 0 Å². The van der Waals surface area contributed by atoms with E-state index in [9.17, 15) is 5.11 Å². The number of hydrogen-bond acceptors (Lipinski definition) is 6. The molecule has 0 saturated carbocycles. The smallest absolute Gasteiger partial charge is 0.161 e. The molecule has 0 spiro atoms. The Morgan fingerprint density at radius 3 is 2.40 bits per heavy atom. The Kier molecular flexibility index (Phi) is 7.99. The van der Waals surface area contributed by atoms with Gasteiger partial charge < -0.3 is 24.2 Å². The monoisotopic (exact) mass is 412 g/mol. The van der Waals surface area contributed by atoms with Gasteiger partial charge in [0.05, 0.1) is 19.9 Å². The molecule has 1 heterocycles. The molecular formula is C24H32N2O4. The summed E-state index contributed by atoms with van der Waals surface area (Å²) in [5.41, 5.74) is 2.17. The van der Waals surface area contributed by atoms with E-state index in [0.29, 0.717) is 18.0 Å². The van der Waals surface area contributed by atoms with E-state index in [0.717, 1.165) is 43.2 Å². The molecule has 1 saturated heterocycles. The number of ether oxygens (including phenoxy) is 3. The number of nitrogens with zero attached hydrogens (tertiary/aromatic N) is 2. The highest BCUT2D eigenvalue weighted by atomic mass is 16.5. The minimum Gasteiger partial charge on any atom is -0.495 e. The summed E-state index contributed by atoms with van der Waals surface area (Å²) in [6.45, 7) is 6.35. The molecule has 1 aliphatic heterocycles. The lowest BCUT2D eigenvalue weighted by atomic mass is 10.2. The van der Waals surface area contributed by atoms with Crippen molar-refractivity contribution in [3.8, 4) is 17.2 Å². The van der Waals surface area contributed by atoms with Gasteiger partial charge in [0.15, 0.2) is 11.5 Å². The molecule has 0 radical (unpaired) electrons. The van der Waals surface area contributed by atoms with Crippen LogP contribution >= 0.6 is 0 Å². The minimum absolute atomic E-state index is 0.228. The number of para-hydroxylation sites is 2. The van der Waals surface area contributed by atoms with E-state index in [4.69, 9.17) is 14.2 Å². The minimum atomic E-state index is -0.567. The Hall–Kier alpha value is -2.70. The average molecular weight is 413 g/mol. The molecule has 0 unspecified atom stereocenters. The van der Waals surface area contributed by atoms with Crippen molar-refractivity contribution in [3.63, 3.8) is 0 Å². The lowest BCUT2D eigenvalue weighted by Crippen LogP contribution is -2.49. The lowest BCUT2D eigenvalue weighted by molar-refractivity contribution is 0.0653. The topological polar surface area (TPSA) is 54.4 Å². The number of rotatable bonds is 9. The predicted octanol–water partition coefficient (Wildman–Crippen LogP) is 3.30. The highest BCUT2D eigenvalue weighted by Crippen LogP contribution is 2.29. The fraction of sp³-hybridized carbons (Fsp3) is 0.417. The molecule has 2 aromatic carbocycles. The van der Waals surface area contributed by atoms with Crippen LogP contribution in [0.5, 0.6) is 17.2 Å². The maximum absolute atomic E-state index is 10.5. The van der Waals surface area contributed by atoms with Gasteiger partial charge in [0.25, 0.3) is 0 Å². The summed E-state index contributed by atoms with van der Waals surface area (Å²) in [4.78, 5) is 4.60. The number of hydrogen-bond donors (Lipinski definition) is 1. The molecule has 3 rings (SSSR count). The third kappa shape index (κ3) is 5.68. The average Bonchev–Trinajstić information content (AvgIpc) is 2.78. The van der Waals surface area contributed by atoms with Gasteiger partial charge in [-0.25, -0.2) is 0 Å². The summed E-state index contributed by atoms with van der Waals surface area (Å²) in [5, 5.41) is 10.5. The summed E-state index contributed by atoms with van der Waals surface area (Å²) in [6, 6.07) is 13.9. The molecule has 1 fully saturated rings. The van der Waals surface area contributed by atoms with Crippen molar-refractivity contribution in [2.75, 3.05) is 58.5 Å². The second kappa shape index (κ2) is 10.9. The standard InChI is InChI=1S/C24H32N2O4/c1-4-7-19-10-11-23(24(16-19)29-3)30-18-20(27)17-25-12-14-26(15-13-25)21-8-5-6-9-22(21)28-2/h4-11,16,20,27H,12-15,17-18H2,1-3H3/b7-4+/t20-/m0/s1. The van der Waals surface area contributed by atoms with Gasteiger partial charge in [-0.05, 0) is 36.8 Å². The first-order valence-corrected chi connectivity index (χ1v) is 10.4. The molecule has 30 heavy (non-hydrogen) atoms. The van der Waals surface area contributed by atoms with Gasteiger partial charge in [-0.1, -0.05) is 30.4 Å². The second-order valence-electron chi connectivity index (χ2n) is 7.33. The number of β-amino-alcohol motifs (C(OH)–C–C–N with tert-alkyl or cyclic N) is 1. The van der Waals surface area contributed by atoms with Crippen molar-refractivity contribution in [3.05, 3.63) is 54.1 Å². The first-order chi connectivity index (χ1) is 14.6. The molecule has 1 N–H and O–H groups in total. The maximum atomic E-state index is 10.5. The quantitative estimate of drug-likeness (QED) is 0.682. The van der Waals surface area contributed by atoms with Crippen LogP contribution in [0.15, 0.2) is 48.5 Å². The predicted molar refractivity (Wildman–Crippen MR) is 121 cm³/mol. The fourth-order valence-corrected chi connectivity index (χ4v) is 3.70. The van der Waals surface area contributed by atoms with E-state index in [1.807, 2.05) is 55.5 Å². The summed E-state index contributed by atoms with van der Waals surface area (Å²) in [7, 11) is 3.33. The summed E-state index contributed by atoms with van der Waals surface area (Å²) in [5.74, 6) is 2.21. The van der Waals surface area contributed by atoms with Crippen molar-refractivity contribution in [1.29, 1.82) is 0 Å². The van der Waals surface area contributed by atoms with Gasteiger partial charge >= 0.3 is 0 Å². The Morgan fingerprint density at radius 1 is 0.967 bits per heavy atom. The molecular weight excluding hydrogens is 380 g/mol. The van der Waals surface area contributed by atoms with E-state index >= 15 is 0 Å². The highest BCUT2D eigenvalue weighted by Gasteiger charge is 2.21. The number of anilines is 1. The van der Waals surface area contributed by atoms with E-state index < -0.39 is 6.10 Å². The van der Waals surface area contributed by atoms with Gasteiger partial charge in [-0.2, -0.15) is 0 Å². The van der Waals surface area contributed by atoms with Gasteiger partial charge in [0.1, 0.15) is 18.5 Å². The Bertz CT molecular complexity index is 832. The number of benzene rings is 2.